The Morgan fingerprint density at radius 1 is 1.45 bits per heavy atom. The molecule has 0 aliphatic carbocycles. The molecule has 5 nitrogen and oxygen atoms in total. The standard InChI is InChI=1S/C15H22N2O3/c1-4-20-13-7-5-6-12(16)14(13)15(18)17-8-9-19-10-11(2)3/h5-7H,2,4,8-10,16H2,1,3H3,(H,17,18). The normalized spacial score (nSPS) is 10.1. The van der Waals surface area contributed by atoms with E-state index >= 15 is 0 Å². The van der Waals surface area contributed by atoms with Gasteiger partial charge in [-0.25, -0.2) is 0 Å². The van der Waals surface area contributed by atoms with Crippen molar-refractivity contribution in [2.45, 2.75) is 13.8 Å². The first-order valence-corrected chi connectivity index (χ1v) is 6.57. The fourth-order valence-corrected chi connectivity index (χ4v) is 1.64. The molecule has 3 N–H and O–H groups in total. The van der Waals surface area contributed by atoms with E-state index in [0.29, 0.717) is 43.4 Å². The molecule has 0 saturated carbocycles. The predicted molar refractivity (Wildman–Crippen MR) is 80.0 cm³/mol. The average Bonchev–Trinajstić information content (AvgIpc) is 2.38. The van der Waals surface area contributed by atoms with Crippen LogP contribution >= 0.6 is 0 Å². The van der Waals surface area contributed by atoms with E-state index < -0.39 is 0 Å². The summed E-state index contributed by atoms with van der Waals surface area (Å²) in [5.41, 5.74) is 7.55. The molecule has 110 valence electrons. The highest BCUT2D eigenvalue weighted by Crippen LogP contribution is 2.24. The third-order valence-corrected chi connectivity index (χ3v) is 2.47. The molecular formula is C15H22N2O3. The summed E-state index contributed by atoms with van der Waals surface area (Å²) in [6.07, 6.45) is 0. The van der Waals surface area contributed by atoms with Crippen LogP contribution in [0, 0.1) is 0 Å². The average molecular weight is 278 g/mol. The highest BCUT2D eigenvalue weighted by molar-refractivity contribution is 6.01. The molecule has 0 heterocycles. The van der Waals surface area contributed by atoms with Gasteiger partial charge in [0.15, 0.2) is 0 Å². The van der Waals surface area contributed by atoms with E-state index in [4.69, 9.17) is 15.2 Å². The first kappa shape index (κ1) is 16.0. The number of amides is 1. The molecule has 0 atom stereocenters. The lowest BCUT2D eigenvalue weighted by atomic mass is 10.1. The number of nitrogen functional groups attached to an aromatic ring is 1. The van der Waals surface area contributed by atoms with Gasteiger partial charge in [0.2, 0.25) is 0 Å². The molecule has 0 aliphatic rings. The van der Waals surface area contributed by atoms with Gasteiger partial charge in [-0.05, 0) is 26.0 Å². The van der Waals surface area contributed by atoms with E-state index in [-0.39, 0.29) is 5.91 Å². The summed E-state index contributed by atoms with van der Waals surface area (Å²) < 4.78 is 10.7. The number of rotatable bonds is 8. The van der Waals surface area contributed by atoms with Crippen LogP contribution in [-0.4, -0.2) is 32.3 Å². The van der Waals surface area contributed by atoms with Crippen molar-refractivity contribution < 1.29 is 14.3 Å². The zero-order chi connectivity index (χ0) is 15.0. The Morgan fingerprint density at radius 3 is 2.85 bits per heavy atom. The van der Waals surface area contributed by atoms with Crippen LogP contribution in [0.3, 0.4) is 0 Å². The second-order valence-electron chi connectivity index (χ2n) is 4.42. The lowest BCUT2D eigenvalue weighted by Crippen LogP contribution is -2.28. The van der Waals surface area contributed by atoms with Gasteiger partial charge in [0.05, 0.1) is 19.8 Å². The van der Waals surface area contributed by atoms with E-state index in [1.807, 2.05) is 13.8 Å². The number of carbonyl (C=O) groups excluding carboxylic acids is 1. The number of carbonyl (C=O) groups is 1. The van der Waals surface area contributed by atoms with Crippen molar-refractivity contribution in [2.75, 3.05) is 32.1 Å². The second-order valence-corrected chi connectivity index (χ2v) is 4.42. The first-order chi connectivity index (χ1) is 9.56. The Kier molecular flexibility index (Phi) is 6.59. The van der Waals surface area contributed by atoms with Gasteiger partial charge < -0.3 is 20.5 Å². The second kappa shape index (κ2) is 8.22. The molecule has 5 heteroatoms. The van der Waals surface area contributed by atoms with Crippen molar-refractivity contribution in [2.24, 2.45) is 0 Å². The highest BCUT2D eigenvalue weighted by atomic mass is 16.5. The maximum Gasteiger partial charge on any atom is 0.257 e. The molecule has 0 fully saturated rings. The molecule has 0 aromatic heterocycles. The minimum atomic E-state index is -0.259. The van der Waals surface area contributed by atoms with Crippen molar-refractivity contribution in [1.29, 1.82) is 0 Å². The molecule has 1 aromatic carbocycles. The Hall–Kier alpha value is -2.01. The van der Waals surface area contributed by atoms with Crippen LogP contribution in [0.4, 0.5) is 5.69 Å². The number of ether oxygens (including phenoxy) is 2. The van der Waals surface area contributed by atoms with E-state index in [0.717, 1.165) is 5.57 Å². The molecule has 20 heavy (non-hydrogen) atoms. The number of nitrogens with one attached hydrogen (secondary N) is 1. The van der Waals surface area contributed by atoms with Crippen molar-refractivity contribution in [1.82, 2.24) is 5.32 Å². The maximum atomic E-state index is 12.1. The zero-order valence-electron chi connectivity index (χ0n) is 12.1. The smallest absolute Gasteiger partial charge is 0.257 e. The number of hydrogen-bond donors (Lipinski definition) is 2. The van der Waals surface area contributed by atoms with Gasteiger partial charge in [-0.3, -0.25) is 4.79 Å². The van der Waals surface area contributed by atoms with Gasteiger partial charge in [-0.2, -0.15) is 0 Å². The van der Waals surface area contributed by atoms with E-state index in [2.05, 4.69) is 11.9 Å². The van der Waals surface area contributed by atoms with Crippen LogP contribution in [-0.2, 0) is 4.74 Å². The first-order valence-electron chi connectivity index (χ1n) is 6.57. The minimum Gasteiger partial charge on any atom is -0.493 e. The molecular weight excluding hydrogens is 256 g/mol. The minimum absolute atomic E-state index is 0.259. The van der Waals surface area contributed by atoms with Crippen molar-refractivity contribution >= 4 is 11.6 Å². The van der Waals surface area contributed by atoms with Crippen LogP contribution < -0.4 is 15.8 Å². The maximum absolute atomic E-state index is 12.1. The summed E-state index contributed by atoms with van der Waals surface area (Å²) in [5, 5.41) is 2.76. The molecule has 0 unspecified atom stereocenters. The molecule has 1 aromatic rings. The van der Waals surface area contributed by atoms with Gasteiger partial charge in [-0.15, -0.1) is 0 Å². The van der Waals surface area contributed by atoms with Crippen LogP contribution in [0.25, 0.3) is 0 Å². The van der Waals surface area contributed by atoms with E-state index in [1.165, 1.54) is 0 Å². The summed E-state index contributed by atoms with van der Waals surface area (Å²) >= 11 is 0. The topological polar surface area (TPSA) is 73.6 Å². The van der Waals surface area contributed by atoms with Gasteiger partial charge in [0.1, 0.15) is 11.3 Å². The predicted octanol–water partition coefficient (Wildman–Crippen LogP) is 1.99. The SMILES string of the molecule is C=C(C)COCCNC(=O)c1c(N)cccc1OCC. The van der Waals surface area contributed by atoms with Crippen LogP contribution in [0.5, 0.6) is 5.75 Å². The summed E-state index contributed by atoms with van der Waals surface area (Å²) in [7, 11) is 0. The summed E-state index contributed by atoms with van der Waals surface area (Å²) in [4.78, 5) is 12.1. The molecule has 0 bridgehead atoms. The number of anilines is 1. The van der Waals surface area contributed by atoms with Crippen LogP contribution in [0.2, 0.25) is 0 Å². The van der Waals surface area contributed by atoms with Crippen LogP contribution in [0.15, 0.2) is 30.4 Å². The lowest BCUT2D eigenvalue weighted by Gasteiger charge is -2.12. The fourth-order valence-electron chi connectivity index (χ4n) is 1.64. The highest BCUT2D eigenvalue weighted by Gasteiger charge is 2.15. The quantitative estimate of drug-likeness (QED) is 0.433. The van der Waals surface area contributed by atoms with Crippen molar-refractivity contribution in [3.8, 4) is 5.75 Å². The van der Waals surface area contributed by atoms with Crippen molar-refractivity contribution in [3.63, 3.8) is 0 Å². The Balaban J connectivity index is 2.56. The monoisotopic (exact) mass is 278 g/mol. The van der Waals surface area contributed by atoms with Gasteiger partial charge in [0.25, 0.3) is 5.91 Å². The summed E-state index contributed by atoms with van der Waals surface area (Å²) in [5.74, 6) is 0.235. The molecule has 1 amide bonds. The third kappa shape index (κ3) is 4.93. The molecule has 0 spiro atoms. The van der Waals surface area contributed by atoms with Crippen LogP contribution in [0.1, 0.15) is 24.2 Å². The summed E-state index contributed by atoms with van der Waals surface area (Å²) in [6.45, 7) is 9.28. The number of nitrogens with two attached hydrogens (primary N) is 1. The number of hydrogen-bond acceptors (Lipinski definition) is 4. The Labute approximate surface area is 119 Å². The van der Waals surface area contributed by atoms with Gasteiger partial charge >= 0.3 is 0 Å². The molecule has 0 aliphatic heterocycles. The fraction of sp³-hybridized carbons (Fsp3) is 0.400. The van der Waals surface area contributed by atoms with Gasteiger partial charge in [0, 0.05) is 12.2 Å². The largest absolute Gasteiger partial charge is 0.493 e. The lowest BCUT2D eigenvalue weighted by molar-refractivity contribution is 0.0924. The van der Waals surface area contributed by atoms with E-state index in [1.54, 1.807) is 18.2 Å². The van der Waals surface area contributed by atoms with Gasteiger partial charge in [-0.1, -0.05) is 18.2 Å². The molecule has 1 rings (SSSR count). The molecule has 0 radical (unpaired) electrons. The summed E-state index contributed by atoms with van der Waals surface area (Å²) in [6, 6.07) is 5.16. The van der Waals surface area contributed by atoms with Crippen molar-refractivity contribution in [3.05, 3.63) is 35.9 Å². The third-order valence-electron chi connectivity index (χ3n) is 2.47. The number of benzene rings is 1. The van der Waals surface area contributed by atoms with E-state index in [9.17, 15) is 4.79 Å². The Morgan fingerprint density at radius 2 is 2.20 bits per heavy atom. The molecule has 0 saturated heterocycles. The Bertz CT molecular complexity index is 472. The zero-order valence-corrected chi connectivity index (χ0v) is 12.1.